The molecule has 1 aliphatic heterocycles. The molecule has 0 amide bonds. The zero-order chi connectivity index (χ0) is 11.1. The van der Waals surface area contributed by atoms with Gasteiger partial charge in [-0.2, -0.15) is 0 Å². The molecule has 0 aliphatic carbocycles. The normalized spacial score (nSPS) is 24.9. The van der Waals surface area contributed by atoms with Crippen LogP contribution in [0, 0.1) is 0 Å². The zero-order valence-corrected chi connectivity index (χ0v) is 9.03. The molecule has 0 aromatic heterocycles. The van der Waals surface area contributed by atoms with Crippen LogP contribution in [0.1, 0.15) is 19.8 Å². The van der Waals surface area contributed by atoms with E-state index < -0.39 is 11.6 Å². The average molecular weight is 218 g/mol. The predicted molar refractivity (Wildman–Crippen MR) is 52.9 cm³/mol. The summed E-state index contributed by atoms with van der Waals surface area (Å²) in [6.45, 7) is 4.58. The van der Waals surface area contributed by atoms with Crippen LogP contribution in [0.2, 0.25) is 0 Å². The number of hydrogen-bond acceptors (Lipinski definition) is 4. The van der Waals surface area contributed by atoms with Gasteiger partial charge in [-0.25, -0.2) is 4.79 Å². The predicted octanol–water partition coefficient (Wildman–Crippen LogP) is 0.673. The van der Waals surface area contributed by atoms with Gasteiger partial charge in [-0.3, -0.25) is 0 Å². The number of ether oxygens (including phenoxy) is 3. The van der Waals surface area contributed by atoms with Crippen LogP contribution in [0.5, 0.6) is 0 Å². The van der Waals surface area contributed by atoms with Crippen molar-refractivity contribution in [3.05, 3.63) is 0 Å². The van der Waals surface area contributed by atoms with Crippen molar-refractivity contribution >= 4 is 5.97 Å². The molecule has 0 spiro atoms. The van der Waals surface area contributed by atoms with Crippen molar-refractivity contribution in [1.29, 1.82) is 0 Å². The number of hydrogen-bond donors (Lipinski definition) is 1. The Kier molecular flexibility index (Phi) is 5.01. The van der Waals surface area contributed by atoms with E-state index in [1.54, 1.807) is 0 Å². The van der Waals surface area contributed by atoms with Gasteiger partial charge >= 0.3 is 5.97 Å². The molecule has 5 nitrogen and oxygen atoms in total. The lowest BCUT2D eigenvalue weighted by Crippen LogP contribution is -2.51. The molecule has 0 bridgehead atoms. The summed E-state index contributed by atoms with van der Waals surface area (Å²) in [5.74, 6) is -0.887. The first-order chi connectivity index (χ1) is 7.21. The summed E-state index contributed by atoms with van der Waals surface area (Å²) >= 11 is 0. The molecule has 0 radical (unpaired) electrons. The Labute approximate surface area is 89.3 Å². The molecule has 0 saturated carbocycles. The minimum absolute atomic E-state index is 0.402. The first-order valence-electron chi connectivity index (χ1n) is 5.24. The zero-order valence-electron chi connectivity index (χ0n) is 9.03. The van der Waals surface area contributed by atoms with Crippen molar-refractivity contribution in [3.8, 4) is 0 Å². The van der Waals surface area contributed by atoms with E-state index in [0.29, 0.717) is 45.9 Å². The lowest BCUT2D eigenvalue weighted by atomic mass is 9.91. The SMILES string of the molecule is CCOCCOCCC1(C(=O)O)CCO1. The second kappa shape index (κ2) is 6.05. The minimum atomic E-state index is -0.981. The number of carboxylic acid groups (broad SMARTS) is 1. The second-order valence-electron chi connectivity index (χ2n) is 3.46. The van der Waals surface area contributed by atoms with Crippen LogP contribution in [-0.2, 0) is 19.0 Å². The summed E-state index contributed by atoms with van der Waals surface area (Å²) in [6, 6.07) is 0. The van der Waals surface area contributed by atoms with Gasteiger partial charge in [0, 0.05) is 19.4 Å². The first kappa shape index (κ1) is 12.4. The van der Waals surface area contributed by atoms with Gasteiger partial charge in [-0.1, -0.05) is 0 Å². The van der Waals surface area contributed by atoms with E-state index in [1.807, 2.05) is 6.92 Å². The highest BCUT2D eigenvalue weighted by Gasteiger charge is 2.45. The van der Waals surface area contributed by atoms with Gasteiger partial charge in [0.15, 0.2) is 5.60 Å². The second-order valence-corrected chi connectivity index (χ2v) is 3.46. The molecule has 15 heavy (non-hydrogen) atoms. The largest absolute Gasteiger partial charge is 0.479 e. The topological polar surface area (TPSA) is 65.0 Å². The van der Waals surface area contributed by atoms with Crippen LogP contribution in [0.25, 0.3) is 0 Å². The van der Waals surface area contributed by atoms with Gasteiger partial charge in [-0.15, -0.1) is 0 Å². The molecule has 0 aromatic carbocycles. The van der Waals surface area contributed by atoms with Gasteiger partial charge in [0.2, 0.25) is 0 Å². The van der Waals surface area contributed by atoms with E-state index in [2.05, 4.69) is 0 Å². The van der Waals surface area contributed by atoms with E-state index in [-0.39, 0.29) is 0 Å². The van der Waals surface area contributed by atoms with Crippen molar-refractivity contribution in [1.82, 2.24) is 0 Å². The molecule has 88 valence electrons. The maximum Gasteiger partial charge on any atom is 0.336 e. The average Bonchev–Trinajstić information content (AvgIpc) is 2.13. The maximum absolute atomic E-state index is 10.9. The highest BCUT2D eigenvalue weighted by molar-refractivity contribution is 5.78. The maximum atomic E-state index is 10.9. The highest BCUT2D eigenvalue weighted by atomic mass is 16.6. The fraction of sp³-hybridized carbons (Fsp3) is 0.900. The lowest BCUT2D eigenvalue weighted by molar-refractivity contribution is -0.198. The summed E-state index contributed by atoms with van der Waals surface area (Å²) in [6.07, 6.45) is 0.992. The molecule has 1 N–H and O–H groups in total. The molecule has 1 fully saturated rings. The number of carboxylic acids is 1. The van der Waals surface area contributed by atoms with E-state index >= 15 is 0 Å². The molecule has 1 atom stereocenters. The molecule has 1 heterocycles. The summed E-state index contributed by atoms with van der Waals surface area (Å²) < 4.78 is 15.4. The molecule has 0 aromatic rings. The summed E-state index contributed by atoms with van der Waals surface area (Å²) in [4.78, 5) is 10.9. The van der Waals surface area contributed by atoms with E-state index in [9.17, 15) is 4.79 Å². The molecule has 1 aliphatic rings. The van der Waals surface area contributed by atoms with Crippen LogP contribution >= 0.6 is 0 Å². The van der Waals surface area contributed by atoms with E-state index in [1.165, 1.54) is 0 Å². The van der Waals surface area contributed by atoms with Crippen LogP contribution in [0.15, 0.2) is 0 Å². The van der Waals surface area contributed by atoms with Crippen molar-refractivity contribution in [3.63, 3.8) is 0 Å². The van der Waals surface area contributed by atoms with Crippen molar-refractivity contribution in [2.75, 3.05) is 33.0 Å². The molecular weight excluding hydrogens is 200 g/mol. The van der Waals surface area contributed by atoms with Crippen molar-refractivity contribution in [2.45, 2.75) is 25.4 Å². The Bertz CT molecular complexity index is 200. The number of aliphatic carboxylic acids is 1. The fourth-order valence-corrected chi connectivity index (χ4v) is 1.42. The lowest BCUT2D eigenvalue weighted by Gasteiger charge is -2.37. The summed E-state index contributed by atoms with van der Waals surface area (Å²) in [7, 11) is 0. The number of carbonyl (C=O) groups is 1. The van der Waals surface area contributed by atoms with Gasteiger partial charge in [0.05, 0.1) is 26.4 Å². The van der Waals surface area contributed by atoms with Gasteiger partial charge in [0.25, 0.3) is 0 Å². The van der Waals surface area contributed by atoms with Gasteiger partial charge in [-0.05, 0) is 6.92 Å². The van der Waals surface area contributed by atoms with Gasteiger partial charge < -0.3 is 19.3 Å². The fourth-order valence-electron chi connectivity index (χ4n) is 1.42. The van der Waals surface area contributed by atoms with Crippen LogP contribution < -0.4 is 0 Å². The van der Waals surface area contributed by atoms with Crippen LogP contribution in [-0.4, -0.2) is 49.7 Å². The Morgan fingerprint density at radius 2 is 2.07 bits per heavy atom. The molecule has 5 heteroatoms. The molecular formula is C10H18O5. The molecule has 1 unspecified atom stereocenters. The Morgan fingerprint density at radius 3 is 2.53 bits per heavy atom. The van der Waals surface area contributed by atoms with Crippen LogP contribution in [0.3, 0.4) is 0 Å². The monoisotopic (exact) mass is 218 g/mol. The molecule has 1 saturated heterocycles. The third kappa shape index (κ3) is 3.44. The Balaban J connectivity index is 2.06. The van der Waals surface area contributed by atoms with E-state index in [4.69, 9.17) is 19.3 Å². The third-order valence-electron chi connectivity index (χ3n) is 2.50. The Morgan fingerprint density at radius 1 is 1.40 bits per heavy atom. The van der Waals surface area contributed by atoms with Crippen molar-refractivity contribution in [2.24, 2.45) is 0 Å². The standard InChI is InChI=1S/C10H18O5/c1-2-13-7-8-14-5-3-10(9(11)12)4-6-15-10/h2-8H2,1H3,(H,11,12). The van der Waals surface area contributed by atoms with E-state index in [0.717, 1.165) is 0 Å². The quantitative estimate of drug-likeness (QED) is 0.607. The van der Waals surface area contributed by atoms with Gasteiger partial charge in [0.1, 0.15) is 0 Å². The van der Waals surface area contributed by atoms with Crippen LogP contribution in [0.4, 0.5) is 0 Å². The van der Waals surface area contributed by atoms with Crippen molar-refractivity contribution < 1.29 is 24.1 Å². The summed E-state index contributed by atoms with van der Waals surface area (Å²) in [5.41, 5.74) is -0.981. The number of rotatable bonds is 8. The Hall–Kier alpha value is -0.650. The third-order valence-corrected chi connectivity index (χ3v) is 2.50. The molecule has 1 rings (SSSR count). The minimum Gasteiger partial charge on any atom is -0.479 e. The smallest absolute Gasteiger partial charge is 0.336 e. The first-order valence-corrected chi connectivity index (χ1v) is 5.24. The summed E-state index contributed by atoms with van der Waals surface area (Å²) in [5, 5.41) is 8.92. The highest BCUT2D eigenvalue weighted by Crippen LogP contribution is 2.30.